The topological polar surface area (TPSA) is 88.3 Å². The van der Waals surface area contributed by atoms with E-state index in [0.29, 0.717) is 11.4 Å². The number of hydrogen-bond donors (Lipinski definition) is 1. The standard InChI is InChI=1S/C7H8N2O4S/c1-13-7-4-2-6(3-5-7)8-9-14(10,11)12/h2-5H,1H3,(H,10,11,12). The first-order chi connectivity index (χ1) is 6.51. The maximum absolute atomic E-state index is 10.2. The highest BCUT2D eigenvalue weighted by molar-refractivity contribution is 7.84. The van der Waals surface area contributed by atoms with Gasteiger partial charge in [-0.2, -0.15) is 8.42 Å². The van der Waals surface area contributed by atoms with Crippen LogP contribution in [0.2, 0.25) is 0 Å². The molecule has 0 aromatic heterocycles. The predicted molar refractivity (Wildman–Crippen MR) is 49.1 cm³/mol. The van der Waals surface area contributed by atoms with Crippen LogP contribution in [0.5, 0.6) is 5.75 Å². The van der Waals surface area contributed by atoms with Crippen LogP contribution in [0.3, 0.4) is 0 Å². The van der Waals surface area contributed by atoms with E-state index in [0.717, 1.165) is 0 Å². The fourth-order valence-electron chi connectivity index (χ4n) is 0.748. The number of nitrogens with zero attached hydrogens (tertiary/aromatic N) is 2. The molecule has 0 spiro atoms. The van der Waals surface area contributed by atoms with E-state index in [1.807, 2.05) is 0 Å². The number of ether oxygens (including phenoxy) is 1. The Bertz CT molecular complexity index is 424. The van der Waals surface area contributed by atoms with Gasteiger partial charge in [0.15, 0.2) is 0 Å². The summed E-state index contributed by atoms with van der Waals surface area (Å²) in [5, 5.41) is 3.28. The van der Waals surface area contributed by atoms with Crippen molar-refractivity contribution in [1.82, 2.24) is 0 Å². The van der Waals surface area contributed by atoms with Crippen LogP contribution in [0.15, 0.2) is 33.9 Å². The molecule has 0 atom stereocenters. The first-order valence-corrected chi connectivity index (χ1v) is 4.95. The molecule has 6 nitrogen and oxygen atoms in total. The fourth-order valence-corrected chi connectivity index (χ4v) is 0.945. The van der Waals surface area contributed by atoms with Crippen LogP contribution >= 0.6 is 0 Å². The van der Waals surface area contributed by atoms with Crippen LogP contribution in [0.25, 0.3) is 0 Å². The van der Waals surface area contributed by atoms with E-state index in [4.69, 9.17) is 9.29 Å². The lowest BCUT2D eigenvalue weighted by Gasteiger charge is -1.97. The zero-order chi connectivity index (χ0) is 10.6. The van der Waals surface area contributed by atoms with Crippen LogP contribution < -0.4 is 4.74 Å². The highest BCUT2D eigenvalue weighted by atomic mass is 32.2. The summed E-state index contributed by atoms with van der Waals surface area (Å²) in [4.78, 5) is 0. The van der Waals surface area contributed by atoms with Crippen molar-refractivity contribution in [2.45, 2.75) is 0 Å². The Morgan fingerprint density at radius 3 is 2.29 bits per heavy atom. The van der Waals surface area contributed by atoms with E-state index in [2.05, 4.69) is 9.63 Å². The molecule has 0 heterocycles. The molecule has 14 heavy (non-hydrogen) atoms. The van der Waals surface area contributed by atoms with Gasteiger partial charge in [0.05, 0.1) is 12.8 Å². The lowest BCUT2D eigenvalue weighted by molar-refractivity contribution is 0.415. The highest BCUT2D eigenvalue weighted by Crippen LogP contribution is 2.18. The third-order valence-corrected chi connectivity index (χ3v) is 1.62. The van der Waals surface area contributed by atoms with Gasteiger partial charge in [0, 0.05) is 0 Å². The Morgan fingerprint density at radius 2 is 1.86 bits per heavy atom. The predicted octanol–water partition coefficient (Wildman–Crippen LogP) is 1.58. The van der Waals surface area contributed by atoms with Crippen LogP contribution in [0, 0.1) is 0 Å². The van der Waals surface area contributed by atoms with Crippen molar-refractivity contribution in [2.75, 3.05) is 7.11 Å². The van der Waals surface area contributed by atoms with E-state index < -0.39 is 10.3 Å². The summed E-state index contributed by atoms with van der Waals surface area (Å²) in [7, 11) is -2.90. The molecule has 1 rings (SSSR count). The molecule has 0 unspecified atom stereocenters. The molecule has 0 bridgehead atoms. The molecular weight excluding hydrogens is 208 g/mol. The zero-order valence-electron chi connectivity index (χ0n) is 7.28. The van der Waals surface area contributed by atoms with E-state index >= 15 is 0 Å². The largest absolute Gasteiger partial charge is 0.497 e. The van der Waals surface area contributed by atoms with Crippen molar-refractivity contribution in [3.05, 3.63) is 24.3 Å². The Labute approximate surface area is 81.1 Å². The Hall–Kier alpha value is -1.47. The highest BCUT2D eigenvalue weighted by Gasteiger charge is 1.98. The lowest BCUT2D eigenvalue weighted by Crippen LogP contribution is -1.87. The van der Waals surface area contributed by atoms with E-state index in [1.165, 1.54) is 19.2 Å². The second kappa shape index (κ2) is 4.16. The van der Waals surface area contributed by atoms with Gasteiger partial charge in [0.25, 0.3) is 0 Å². The molecule has 0 saturated carbocycles. The zero-order valence-corrected chi connectivity index (χ0v) is 8.10. The van der Waals surface area contributed by atoms with Crippen molar-refractivity contribution >= 4 is 16.0 Å². The Morgan fingerprint density at radius 1 is 1.29 bits per heavy atom. The van der Waals surface area contributed by atoms with Crippen molar-refractivity contribution in [3.8, 4) is 5.75 Å². The molecule has 0 aliphatic carbocycles. The summed E-state index contributed by atoms with van der Waals surface area (Å²) in [5.74, 6) is 0.621. The summed E-state index contributed by atoms with van der Waals surface area (Å²) in [6.07, 6.45) is 0. The van der Waals surface area contributed by atoms with Gasteiger partial charge in [-0.1, -0.05) is 0 Å². The van der Waals surface area contributed by atoms with Crippen molar-refractivity contribution in [3.63, 3.8) is 0 Å². The molecule has 7 heteroatoms. The number of hydrogen-bond acceptors (Lipinski definition) is 4. The Kier molecular flexibility index (Phi) is 3.15. The third-order valence-electron chi connectivity index (χ3n) is 1.33. The van der Waals surface area contributed by atoms with Crippen LogP contribution in [0.4, 0.5) is 5.69 Å². The molecule has 1 aromatic carbocycles. The van der Waals surface area contributed by atoms with Crippen LogP contribution in [-0.4, -0.2) is 20.1 Å². The molecule has 0 saturated heterocycles. The molecule has 1 aromatic rings. The summed E-state index contributed by atoms with van der Waals surface area (Å²) in [6, 6.07) is 6.21. The SMILES string of the molecule is COc1ccc(N=NS(=O)(=O)O)cc1. The van der Waals surface area contributed by atoms with Gasteiger partial charge in [-0.25, -0.2) is 0 Å². The summed E-state index contributed by atoms with van der Waals surface area (Å²) in [6.45, 7) is 0. The third kappa shape index (κ3) is 3.50. The van der Waals surface area contributed by atoms with Gasteiger partial charge in [0.2, 0.25) is 0 Å². The molecule has 0 aliphatic rings. The van der Waals surface area contributed by atoms with Gasteiger partial charge in [-0.3, -0.25) is 4.55 Å². The minimum Gasteiger partial charge on any atom is -0.497 e. The van der Waals surface area contributed by atoms with Gasteiger partial charge < -0.3 is 4.74 Å². The molecular formula is C7H8N2O4S. The molecule has 0 aliphatic heterocycles. The first kappa shape index (κ1) is 10.6. The van der Waals surface area contributed by atoms with Gasteiger partial charge in [-0.15, -0.1) is 5.11 Å². The van der Waals surface area contributed by atoms with Crippen molar-refractivity contribution < 1.29 is 17.7 Å². The normalized spacial score (nSPS) is 11.9. The molecule has 0 amide bonds. The number of methoxy groups -OCH3 is 1. The van der Waals surface area contributed by atoms with E-state index in [1.54, 1.807) is 12.1 Å². The lowest BCUT2D eigenvalue weighted by atomic mass is 10.3. The van der Waals surface area contributed by atoms with E-state index in [9.17, 15) is 8.42 Å². The van der Waals surface area contributed by atoms with Crippen molar-refractivity contribution in [1.29, 1.82) is 0 Å². The second-order valence-electron chi connectivity index (χ2n) is 2.33. The maximum Gasteiger partial charge on any atom is 0.396 e. The van der Waals surface area contributed by atoms with Gasteiger partial charge in [-0.05, 0) is 28.8 Å². The summed E-state index contributed by atoms with van der Waals surface area (Å²) >= 11 is 0. The minimum absolute atomic E-state index is 0.309. The average Bonchev–Trinajstić information content (AvgIpc) is 2.14. The van der Waals surface area contributed by atoms with Gasteiger partial charge >= 0.3 is 10.3 Å². The fraction of sp³-hybridized carbons (Fsp3) is 0.143. The van der Waals surface area contributed by atoms with Crippen LogP contribution in [0.1, 0.15) is 0 Å². The second-order valence-corrected chi connectivity index (χ2v) is 3.39. The van der Waals surface area contributed by atoms with Crippen molar-refractivity contribution in [2.24, 2.45) is 9.63 Å². The summed E-state index contributed by atoms with van der Waals surface area (Å²) < 4.78 is 36.2. The smallest absolute Gasteiger partial charge is 0.396 e. The van der Waals surface area contributed by atoms with E-state index in [-0.39, 0.29) is 0 Å². The maximum atomic E-state index is 10.2. The number of rotatable bonds is 3. The Balaban J connectivity index is 2.84. The number of benzene rings is 1. The molecule has 0 fully saturated rings. The summed E-state index contributed by atoms with van der Waals surface area (Å²) in [5.41, 5.74) is 0.309. The molecule has 76 valence electrons. The minimum atomic E-state index is -4.41. The quantitative estimate of drug-likeness (QED) is 0.613. The monoisotopic (exact) mass is 216 g/mol. The first-order valence-electron chi connectivity index (χ1n) is 3.56. The van der Waals surface area contributed by atoms with Gasteiger partial charge in [0.1, 0.15) is 5.75 Å². The molecule has 1 N–H and O–H groups in total. The average molecular weight is 216 g/mol. The van der Waals surface area contributed by atoms with Crippen LogP contribution in [-0.2, 0) is 10.3 Å². The molecule has 0 radical (unpaired) electrons.